The zero-order valence-corrected chi connectivity index (χ0v) is 10.7. The second-order valence-corrected chi connectivity index (χ2v) is 4.25. The van der Waals surface area contributed by atoms with Crippen LogP contribution in [0.2, 0.25) is 0 Å². The highest BCUT2D eigenvalue weighted by Gasteiger charge is 2.05. The average Bonchev–Trinajstić information content (AvgIpc) is 2.90. The molecule has 0 aliphatic carbocycles. The lowest BCUT2D eigenvalue weighted by molar-refractivity contribution is -0.121. The lowest BCUT2D eigenvalue weighted by atomic mass is 10.2. The molecule has 0 unspecified atom stereocenters. The van der Waals surface area contributed by atoms with Crippen molar-refractivity contribution in [2.45, 2.75) is 6.54 Å². The molecule has 3 rings (SSSR count). The number of benzene rings is 1. The number of amides is 1. The van der Waals surface area contributed by atoms with Crippen LogP contribution in [0.3, 0.4) is 0 Å². The second kappa shape index (κ2) is 5.40. The zero-order valence-electron chi connectivity index (χ0n) is 10.7. The van der Waals surface area contributed by atoms with Crippen molar-refractivity contribution in [3.8, 4) is 0 Å². The van der Waals surface area contributed by atoms with Crippen LogP contribution >= 0.6 is 0 Å². The summed E-state index contributed by atoms with van der Waals surface area (Å²) in [4.78, 5) is 19.8. The Kier molecular flexibility index (Phi) is 3.28. The summed E-state index contributed by atoms with van der Waals surface area (Å²) in [6, 6.07) is 11.6. The van der Waals surface area contributed by atoms with E-state index in [0.717, 1.165) is 10.9 Å². The molecule has 2 heterocycles. The van der Waals surface area contributed by atoms with Gasteiger partial charge < -0.3 is 4.57 Å². The van der Waals surface area contributed by atoms with Crippen LogP contribution in [0.15, 0.2) is 55.0 Å². The van der Waals surface area contributed by atoms with E-state index in [2.05, 4.69) is 20.8 Å². The average molecular weight is 267 g/mol. The van der Waals surface area contributed by atoms with Gasteiger partial charge in [0.2, 0.25) is 5.95 Å². The largest absolute Gasteiger partial charge is 0.338 e. The van der Waals surface area contributed by atoms with E-state index in [1.54, 1.807) is 18.5 Å². The number of aromatic nitrogens is 3. The standard InChI is InChI=1S/C14H13N5O/c20-13(17-18-14-15-7-3-8-16-14)10-19-9-6-11-4-1-2-5-12(11)19/h1-9H,10H2,(H,17,20)(H,15,16,18). The topological polar surface area (TPSA) is 71.8 Å². The predicted octanol–water partition coefficient (Wildman–Crippen LogP) is 1.57. The maximum atomic E-state index is 11.9. The number of nitrogens with one attached hydrogen (secondary N) is 2. The Morgan fingerprint density at radius 2 is 1.90 bits per heavy atom. The van der Waals surface area contributed by atoms with Crippen molar-refractivity contribution in [1.29, 1.82) is 0 Å². The number of hydrogen-bond donors (Lipinski definition) is 2. The molecule has 0 fully saturated rings. The molecule has 6 heteroatoms. The van der Waals surface area contributed by atoms with E-state index in [-0.39, 0.29) is 12.5 Å². The highest BCUT2D eigenvalue weighted by atomic mass is 16.2. The molecule has 6 nitrogen and oxygen atoms in total. The van der Waals surface area contributed by atoms with Crippen molar-refractivity contribution >= 4 is 22.8 Å². The van der Waals surface area contributed by atoms with Gasteiger partial charge in [-0.05, 0) is 23.6 Å². The van der Waals surface area contributed by atoms with Crippen LogP contribution in [-0.2, 0) is 11.3 Å². The Morgan fingerprint density at radius 3 is 2.75 bits per heavy atom. The van der Waals surface area contributed by atoms with Crippen molar-refractivity contribution in [3.63, 3.8) is 0 Å². The molecule has 3 aromatic rings. The molecule has 0 spiro atoms. The van der Waals surface area contributed by atoms with Gasteiger partial charge in [0, 0.05) is 24.1 Å². The smallest absolute Gasteiger partial charge is 0.258 e. The number of hydrogen-bond acceptors (Lipinski definition) is 4. The molecule has 20 heavy (non-hydrogen) atoms. The first-order valence-electron chi connectivity index (χ1n) is 6.19. The van der Waals surface area contributed by atoms with Gasteiger partial charge in [-0.15, -0.1) is 0 Å². The van der Waals surface area contributed by atoms with Gasteiger partial charge in [0.25, 0.3) is 5.91 Å². The van der Waals surface area contributed by atoms with E-state index in [4.69, 9.17) is 0 Å². The summed E-state index contributed by atoms with van der Waals surface area (Å²) < 4.78 is 1.89. The first kappa shape index (κ1) is 12.2. The quantitative estimate of drug-likeness (QED) is 0.704. The number of carbonyl (C=O) groups excluding carboxylic acids is 1. The predicted molar refractivity (Wildman–Crippen MR) is 75.7 cm³/mol. The fraction of sp³-hybridized carbons (Fsp3) is 0.0714. The Morgan fingerprint density at radius 1 is 1.10 bits per heavy atom. The summed E-state index contributed by atoms with van der Waals surface area (Å²) in [5, 5.41) is 1.11. The van der Waals surface area contributed by atoms with Gasteiger partial charge >= 0.3 is 0 Å². The minimum atomic E-state index is -0.168. The lowest BCUT2D eigenvalue weighted by Gasteiger charge is -2.08. The van der Waals surface area contributed by atoms with Gasteiger partial charge in [0.05, 0.1) is 0 Å². The SMILES string of the molecule is O=C(Cn1ccc2ccccc21)NNc1ncccn1. The van der Waals surface area contributed by atoms with Crippen LogP contribution in [0, 0.1) is 0 Å². The molecule has 0 aliphatic heterocycles. The number of para-hydroxylation sites is 1. The molecule has 1 aromatic carbocycles. The second-order valence-electron chi connectivity index (χ2n) is 4.25. The van der Waals surface area contributed by atoms with Gasteiger partial charge in [0.15, 0.2) is 0 Å². The highest BCUT2D eigenvalue weighted by Crippen LogP contribution is 2.14. The minimum Gasteiger partial charge on any atom is -0.338 e. The van der Waals surface area contributed by atoms with Gasteiger partial charge in [-0.3, -0.25) is 15.6 Å². The van der Waals surface area contributed by atoms with Crippen LogP contribution in [0.4, 0.5) is 5.95 Å². The first-order chi connectivity index (χ1) is 9.83. The van der Waals surface area contributed by atoms with Crippen molar-refractivity contribution < 1.29 is 4.79 Å². The van der Waals surface area contributed by atoms with Crippen LogP contribution in [0.5, 0.6) is 0 Å². The Hall–Kier alpha value is -2.89. The van der Waals surface area contributed by atoms with E-state index in [0.29, 0.717) is 5.95 Å². The molecule has 2 aromatic heterocycles. The van der Waals surface area contributed by atoms with Crippen LogP contribution in [0.25, 0.3) is 10.9 Å². The van der Waals surface area contributed by atoms with Gasteiger partial charge in [-0.2, -0.15) is 0 Å². The summed E-state index contributed by atoms with van der Waals surface area (Å²) >= 11 is 0. The van der Waals surface area contributed by atoms with Crippen LogP contribution in [-0.4, -0.2) is 20.4 Å². The summed E-state index contributed by atoms with van der Waals surface area (Å²) in [7, 11) is 0. The molecule has 2 N–H and O–H groups in total. The van der Waals surface area contributed by atoms with E-state index in [9.17, 15) is 4.79 Å². The zero-order chi connectivity index (χ0) is 13.8. The molecular weight excluding hydrogens is 254 g/mol. The van der Waals surface area contributed by atoms with Gasteiger partial charge in [0.1, 0.15) is 6.54 Å². The number of rotatable bonds is 4. The maximum Gasteiger partial charge on any atom is 0.258 e. The van der Waals surface area contributed by atoms with Crippen LogP contribution < -0.4 is 10.9 Å². The third-order valence-electron chi connectivity index (χ3n) is 2.87. The Bertz CT molecular complexity index is 723. The summed E-state index contributed by atoms with van der Waals surface area (Å²) in [5.41, 5.74) is 6.26. The number of anilines is 1. The Labute approximate surface area is 115 Å². The molecule has 100 valence electrons. The van der Waals surface area contributed by atoms with Crippen molar-refractivity contribution in [1.82, 2.24) is 20.0 Å². The summed E-state index contributed by atoms with van der Waals surface area (Å²) in [6.07, 6.45) is 5.09. The van der Waals surface area contributed by atoms with E-state index < -0.39 is 0 Å². The summed E-state index contributed by atoms with van der Waals surface area (Å²) in [6.45, 7) is 0.230. The van der Waals surface area contributed by atoms with Crippen molar-refractivity contribution in [2.24, 2.45) is 0 Å². The maximum absolute atomic E-state index is 11.9. The van der Waals surface area contributed by atoms with Gasteiger partial charge in [-0.25, -0.2) is 9.97 Å². The van der Waals surface area contributed by atoms with E-state index in [1.807, 2.05) is 41.1 Å². The fourth-order valence-corrected chi connectivity index (χ4v) is 1.96. The lowest BCUT2D eigenvalue weighted by Crippen LogP contribution is -2.33. The molecule has 0 radical (unpaired) electrons. The Balaban J connectivity index is 1.64. The molecule has 1 amide bonds. The highest BCUT2D eigenvalue weighted by molar-refractivity contribution is 5.83. The first-order valence-corrected chi connectivity index (χ1v) is 6.19. The monoisotopic (exact) mass is 267 g/mol. The molecule has 0 bridgehead atoms. The fourth-order valence-electron chi connectivity index (χ4n) is 1.96. The number of hydrazine groups is 1. The van der Waals surface area contributed by atoms with Crippen molar-refractivity contribution in [2.75, 3.05) is 5.43 Å². The number of carbonyl (C=O) groups is 1. The summed E-state index contributed by atoms with van der Waals surface area (Å²) in [5.74, 6) is 0.192. The third kappa shape index (κ3) is 2.59. The molecule has 0 aliphatic rings. The molecule has 0 atom stereocenters. The van der Waals surface area contributed by atoms with E-state index in [1.165, 1.54) is 0 Å². The van der Waals surface area contributed by atoms with Crippen molar-refractivity contribution in [3.05, 3.63) is 55.0 Å². The number of nitrogens with zero attached hydrogens (tertiary/aromatic N) is 3. The van der Waals surface area contributed by atoms with E-state index >= 15 is 0 Å². The third-order valence-corrected chi connectivity index (χ3v) is 2.87. The minimum absolute atomic E-state index is 0.168. The molecule has 0 saturated heterocycles. The molecular formula is C14H13N5O. The number of fused-ring (bicyclic) bond motifs is 1. The normalized spacial score (nSPS) is 10.4. The van der Waals surface area contributed by atoms with Gasteiger partial charge in [-0.1, -0.05) is 18.2 Å². The molecule has 0 saturated carbocycles. The van der Waals surface area contributed by atoms with Crippen LogP contribution in [0.1, 0.15) is 0 Å².